The maximum Gasteiger partial charge on any atom is 0.253 e. The monoisotopic (exact) mass is 354 g/mol. The second-order valence-corrected chi connectivity index (χ2v) is 7.64. The van der Waals surface area contributed by atoms with Crippen LogP contribution in [0.15, 0.2) is 24.3 Å². The molecule has 0 spiro atoms. The molecule has 1 saturated heterocycles. The zero-order valence-corrected chi connectivity index (χ0v) is 15.5. The van der Waals surface area contributed by atoms with Gasteiger partial charge in [-0.05, 0) is 51.3 Å². The Kier molecular flexibility index (Phi) is 5.33. The third-order valence-electron chi connectivity index (χ3n) is 4.64. The number of aliphatic hydroxyl groups is 1. The highest BCUT2D eigenvalue weighted by Crippen LogP contribution is 2.31. The first-order valence-corrected chi connectivity index (χ1v) is 9.27. The van der Waals surface area contributed by atoms with Crippen LogP contribution >= 0.6 is 0 Å². The van der Waals surface area contributed by atoms with Gasteiger partial charge in [-0.1, -0.05) is 17.9 Å². The highest BCUT2D eigenvalue weighted by Gasteiger charge is 2.34. The van der Waals surface area contributed by atoms with Crippen LogP contribution in [0.4, 0.5) is 0 Å². The Morgan fingerprint density at radius 3 is 2.50 bits per heavy atom. The van der Waals surface area contributed by atoms with Crippen LogP contribution < -0.4 is 0 Å². The summed E-state index contributed by atoms with van der Waals surface area (Å²) in [5.41, 5.74) is 0.232. The van der Waals surface area contributed by atoms with Crippen molar-refractivity contribution < 1.29 is 14.7 Å². The lowest BCUT2D eigenvalue weighted by Gasteiger charge is -2.22. The van der Waals surface area contributed by atoms with Crippen molar-refractivity contribution in [2.75, 3.05) is 26.2 Å². The van der Waals surface area contributed by atoms with Gasteiger partial charge < -0.3 is 14.9 Å². The maximum atomic E-state index is 12.9. The topological polar surface area (TPSA) is 60.9 Å². The summed E-state index contributed by atoms with van der Waals surface area (Å²) >= 11 is 0. The summed E-state index contributed by atoms with van der Waals surface area (Å²) in [6.45, 7) is 5.82. The Morgan fingerprint density at radius 1 is 1.12 bits per heavy atom. The number of benzene rings is 1. The van der Waals surface area contributed by atoms with Gasteiger partial charge >= 0.3 is 0 Å². The molecule has 0 aromatic heterocycles. The average molecular weight is 354 g/mol. The van der Waals surface area contributed by atoms with Crippen LogP contribution in [0, 0.1) is 17.8 Å². The normalized spacial score (nSPS) is 18.0. The van der Waals surface area contributed by atoms with Crippen LogP contribution in [0.3, 0.4) is 0 Å². The largest absolute Gasteiger partial charge is 0.378 e. The van der Waals surface area contributed by atoms with Crippen LogP contribution in [-0.4, -0.2) is 58.5 Å². The van der Waals surface area contributed by atoms with Crippen LogP contribution in [0.5, 0.6) is 0 Å². The Balaban J connectivity index is 1.67. The summed E-state index contributed by atoms with van der Waals surface area (Å²) in [6.07, 6.45) is 2.83. The van der Waals surface area contributed by atoms with Gasteiger partial charge in [0.15, 0.2) is 0 Å². The van der Waals surface area contributed by atoms with Gasteiger partial charge in [-0.2, -0.15) is 0 Å². The SMILES string of the molecule is CC(C)(O)C#Cc1cccc(C(=O)N2CCCN(C(=O)C3CC3)CC2)c1. The van der Waals surface area contributed by atoms with Crippen molar-refractivity contribution in [1.82, 2.24) is 9.80 Å². The fourth-order valence-corrected chi connectivity index (χ4v) is 3.07. The lowest BCUT2D eigenvalue weighted by Crippen LogP contribution is -2.38. The minimum Gasteiger partial charge on any atom is -0.378 e. The van der Waals surface area contributed by atoms with Crippen LogP contribution in [0.2, 0.25) is 0 Å². The molecule has 5 heteroatoms. The summed E-state index contributed by atoms with van der Waals surface area (Å²) in [5.74, 6) is 6.13. The molecule has 2 amide bonds. The standard InChI is InChI=1S/C21H26N2O3/c1-21(2,26)10-9-16-5-3-6-18(15-16)20(25)23-12-4-11-22(13-14-23)19(24)17-7-8-17/h3,5-6,15,17,26H,4,7-8,11-14H2,1-2H3. The molecule has 0 radical (unpaired) electrons. The van der Waals surface area contributed by atoms with Gasteiger partial charge in [-0.15, -0.1) is 0 Å². The Labute approximate surface area is 155 Å². The van der Waals surface area contributed by atoms with E-state index in [0.29, 0.717) is 30.8 Å². The molecule has 1 heterocycles. The van der Waals surface area contributed by atoms with E-state index in [9.17, 15) is 14.7 Å². The second-order valence-electron chi connectivity index (χ2n) is 7.64. The Morgan fingerprint density at radius 2 is 1.81 bits per heavy atom. The lowest BCUT2D eigenvalue weighted by atomic mass is 10.1. The fourth-order valence-electron chi connectivity index (χ4n) is 3.07. The van der Waals surface area contributed by atoms with Gasteiger partial charge in [0.2, 0.25) is 5.91 Å². The van der Waals surface area contributed by atoms with E-state index in [-0.39, 0.29) is 17.7 Å². The third kappa shape index (κ3) is 4.86. The van der Waals surface area contributed by atoms with Gasteiger partial charge in [0.25, 0.3) is 5.91 Å². The van der Waals surface area contributed by atoms with Crippen molar-refractivity contribution >= 4 is 11.8 Å². The summed E-state index contributed by atoms with van der Waals surface area (Å²) in [6, 6.07) is 7.19. The summed E-state index contributed by atoms with van der Waals surface area (Å²) in [5, 5.41) is 9.72. The van der Waals surface area contributed by atoms with Crippen LogP contribution in [0.1, 0.15) is 49.0 Å². The minimum absolute atomic E-state index is 0.0300. The molecule has 1 aromatic rings. The molecule has 0 unspecified atom stereocenters. The lowest BCUT2D eigenvalue weighted by molar-refractivity contribution is -0.132. The average Bonchev–Trinajstić information content (AvgIpc) is 3.45. The molecule has 1 aromatic carbocycles. The predicted molar refractivity (Wildman–Crippen MR) is 99.4 cm³/mol. The Bertz CT molecular complexity index is 751. The molecular weight excluding hydrogens is 328 g/mol. The zero-order valence-electron chi connectivity index (χ0n) is 15.5. The van der Waals surface area contributed by atoms with Gasteiger partial charge in [0.05, 0.1) is 0 Å². The van der Waals surface area contributed by atoms with Gasteiger partial charge in [-0.3, -0.25) is 9.59 Å². The number of rotatable bonds is 2. The van der Waals surface area contributed by atoms with Gasteiger partial charge in [0.1, 0.15) is 5.60 Å². The van der Waals surface area contributed by atoms with E-state index in [4.69, 9.17) is 0 Å². The van der Waals surface area contributed by atoms with Crippen LogP contribution in [0.25, 0.3) is 0 Å². The maximum absolute atomic E-state index is 12.9. The minimum atomic E-state index is -1.07. The molecule has 138 valence electrons. The number of carbonyl (C=O) groups is 2. The van der Waals surface area contributed by atoms with E-state index in [0.717, 1.165) is 25.8 Å². The van der Waals surface area contributed by atoms with Crippen molar-refractivity contribution in [2.24, 2.45) is 5.92 Å². The van der Waals surface area contributed by atoms with E-state index < -0.39 is 5.60 Å². The smallest absolute Gasteiger partial charge is 0.253 e. The van der Waals surface area contributed by atoms with Gasteiger partial charge in [-0.25, -0.2) is 0 Å². The first-order chi connectivity index (χ1) is 12.3. The summed E-state index contributed by atoms with van der Waals surface area (Å²) in [7, 11) is 0. The molecule has 5 nitrogen and oxygen atoms in total. The fraction of sp³-hybridized carbons (Fsp3) is 0.524. The van der Waals surface area contributed by atoms with E-state index in [2.05, 4.69) is 11.8 Å². The molecular formula is C21H26N2O3. The molecule has 1 N–H and O–H groups in total. The van der Waals surface area contributed by atoms with E-state index >= 15 is 0 Å². The number of hydrogen-bond donors (Lipinski definition) is 1. The van der Waals surface area contributed by atoms with Crippen molar-refractivity contribution in [1.29, 1.82) is 0 Å². The molecule has 3 rings (SSSR count). The Hall–Kier alpha value is -2.32. The molecule has 1 aliphatic carbocycles. The third-order valence-corrected chi connectivity index (χ3v) is 4.64. The number of hydrogen-bond acceptors (Lipinski definition) is 3. The van der Waals surface area contributed by atoms with E-state index in [1.54, 1.807) is 26.0 Å². The second kappa shape index (κ2) is 7.51. The molecule has 26 heavy (non-hydrogen) atoms. The van der Waals surface area contributed by atoms with E-state index in [1.165, 1.54) is 0 Å². The molecule has 0 bridgehead atoms. The van der Waals surface area contributed by atoms with Crippen molar-refractivity contribution in [3.05, 3.63) is 35.4 Å². The van der Waals surface area contributed by atoms with Crippen molar-refractivity contribution in [2.45, 2.75) is 38.7 Å². The quantitative estimate of drug-likeness (QED) is 0.825. The summed E-state index contributed by atoms with van der Waals surface area (Å²) < 4.78 is 0. The van der Waals surface area contributed by atoms with Gasteiger partial charge in [0, 0.05) is 43.2 Å². The molecule has 2 aliphatic rings. The highest BCUT2D eigenvalue weighted by atomic mass is 16.3. The molecule has 0 atom stereocenters. The first kappa shape index (κ1) is 18.5. The van der Waals surface area contributed by atoms with E-state index in [1.807, 2.05) is 21.9 Å². The zero-order chi connectivity index (χ0) is 18.7. The number of nitrogens with zero attached hydrogens (tertiary/aromatic N) is 2. The van der Waals surface area contributed by atoms with Crippen molar-refractivity contribution in [3.8, 4) is 11.8 Å². The number of carbonyl (C=O) groups excluding carboxylic acids is 2. The molecule has 1 saturated carbocycles. The first-order valence-electron chi connectivity index (χ1n) is 9.27. The number of amides is 2. The molecule has 2 fully saturated rings. The predicted octanol–water partition coefficient (Wildman–Crippen LogP) is 1.89. The van der Waals surface area contributed by atoms with Crippen LogP contribution in [-0.2, 0) is 4.79 Å². The van der Waals surface area contributed by atoms with Crippen molar-refractivity contribution in [3.63, 3.8) is 0 Å². The highest BCUT2D eigenvalue weighted by molar-refractivity contribution is 5.94. The molecule has 1 aliphatic heterocycles. The summed E-state index contributed by atoms with van der Waals surface area (Å²) in [4.78, 5) is 28.8.